The second-order valence-corrected chi connectivity index (χ2v) is 3.58. The summed E-state index contributed by atoms with van der Waals surface area (Å²) in [5.74, 6) is -1.79. The van der Waals surface area contributed by atoms with E-state index in [0.717, 1.165) is 6.21 Å². The third-order valence-electron chi connectivity index (χ3n) is 2.31. The van der Waals surface area contributed by atoms with E-state index in [1.54, 1.807) is 0 Å². The monoisotopic (exact) mass is 280 g/mol. The molecule has 2 amide bonds. The lowest BCUT2D eigenvalue weighted by molar-refractivity contribution is -0.385. The van der Waals surface area contributed by atoms with Crippen molar-refractivity contribution in [2.45, 2.75) is 0 Å². The molecule has 20 heavy (non-hydrogen) atoms. The van der Waals surface area contributed by atoms with Gasteiger partial charge >= 0.3 is 11.8 Å². The summed E-state index contributed by atoms with van der Waals surface area (Å²) in [6.45, 7) is -0.0362. The van der Waals surface area contributed by atoms with E-state index in [2.05, 4.69) is 5.10 Å². The van der Waals surface area contributed by atoms with E-state index in [1.165, 1.54) is 12.1 Å². The molecule has 0 aromatic heterocycles. The van der Waals surface area contributed by atoms with E-state index < -0.39 is 16.7 Å². The summed E-state index contributed by atoms with van der Waals surface area (Å²) in [6.07, 6.45) is 1.00. The van der Waals surface area contributed by atoms with Gasteiger partial charge in [0.25, 0.3) is 5.69 Å². The molecule has 0 spiro atoms. The fourth-order valence-electron chi connectivity index (χ4n) is 1.42. The van der Waals surface area contributed by atoms with Gasteiger partial charge in [0.2, 0.25) is 6.79 Å². The SMILES string of the molecule is NC(=O)C(=O)N/N=C\c1cc2c(cc1[N+](=O)[O-])OCO2. The second kappa shape index (κ2) is 5.22. The van der Waals surface area contributed by atoms with Crippen molar-refractivity contribution >= 4 is 23.7 Å². The molecule has 10 nitrogen and oxygen atoms in total. The number of hydrazone groups is 1. The molecule has 0 unspecified atom stereocenters. The molecule has 3 N–H and O–H groups in total. The maximum absolute atomic E-state index is 10.9. The molecule has 1 aromatic rings. The number of nitrogens with two attached hydrogens (primary N) is 1. The first-order valence-electron chi connectivity index (χ1n) is 5.20. The number of rotatable bonds is 3. The van der Waals surface area contributed by atoms with Gasteiger partial charge in [-0.2, -0.15) is 5.10 Å². The van der Waals surface area contributed by atoms with Crippen LogP contribution in [0.25, 0.3) is 0 Å². The van der Waals surface area contributed by atoms with Crippen LogP contribution >= 0.6 is 0 Å². The molecule has 1 heterocycles. The van der Waals surface area contributed by atoms with Crippen molar-refractivity contribution in [3.05, 3.63) is 27.8 Å². The molecule has 104 valence electrons. The number of amides is 2. The van der Waals surface area contributed by atoms with Crippen LogP contribution in [-0.4, -0.2) is 29.7 Å². The van der Waals surface area contributed by atoms with Crippen molar-refractivity contribution in [3.8, 4) is 11.5 Å². The predicted octanol–water partition coefficient (Wildman–Crippen LogP) is -0.741. The molecule has 0 saturated heterocycles. The Hall–Kier alpha value is -3.17. The summed E-state index contributed by atoms with van der Waals surface area (Å²) < 4.78 is 10.1. The number of primary amides is 1. The van der Waals surface area contributed by atoms with Gasteiger partial charge in [-0.25, -0.2) is 5.43 Å². The van der Waals surface area contributed by atoms with Gasteiger partial charge < -0.3 is 15.2 Å². The van der Waals surface area contributed by atoms with Crippen LogP contribution in [0.3, 0.4) is 0 Å². The summed E-state index contributed by atoms with van der Waals surface area (Å²) in [6, 6.07) is 2.51. The van der Waals surface area contributed by atoms with Gasteiger partial charge in [0.15, 0.2) is 11.5 Å². The molecule has 0 fully saturated rings. The van der Waals surface area contributed by atoms with Gasteiger partial charge in [-0.3, -0.25) is 19.7 Å². The highest BCUT2D eigenvalue weighted by Crippen LogP contribution is 2.37. The van der Waals surface area contributed by atoms with Gasteiger partial charge in [-0.1, -0.05) is 0 Å². The topological polar surface area (TPSA) is 146 Å². The van der Waals surface area contributed by atoms with Gasteiger partial charge in [-0.15, -0.1) is 0 Å². The Morgan fingerprint density at radius 1 is 1.40 bits per heavy atom. The summed E-state index contributed by atoms with van der Waals surface area (Å²) in [4.78, 5) is 31.6. The largest absolute Gasteiger partial charge is 0.454 e. The number of nitro benzene ring substituents is 1. The molecular weight excluding hydrogens is 272 g/mol. The standard InChI is InChI=1S/C10H8N4O6/c11-9(15)10(16)13-12-3-5-1-7-8(20-4-19-7)2-6(5)14(17)18/h1-3H,4H2,(H2,11,15)(H,13,16)/b12-3-. The molecule has 10 heteroatoms. The first-order chi connectivity index (χ1) is 9.49. The number of ether oxygens (including phenoxy) is 2. The van der Waals surface area contributed by atoms with Crippen molar-refractivity contribution in [1.29, 1.82) is 0 Å². The Morgan fingerprint density at radius 3 is 2.65 bits per heavy atom. The molecule has 1 aliphatic rings. The number of carbonyl (C=O) groups excluding carboxylic acids is 2. The summed E-state index contributed by atoms with van der Waals surface area (Å²) in [7, 11) is 0. The third kappa shape index (κ3) is 2.63. The fourth-order valence-corrected chi connectivity index (χ4v) is 1.42. The molecule has 1 aromatic carbocycles. The fraction of sp³-hybridized carbons (Fsp3) is 0.100. The highest BCUT2D eigenvalue weighted by molar-refractivity contribution is 6.34. The molecule has 0 saturated carbocycles. The molecule has 1 aliphatic heterocycles. The third-order valence-corrected chi connectivity index (χ3v) is 2.31. The van der Waals surface area contributed by atoms with E-state index in [0.29, 0.717) is 5.75 Å². The summed E-state index contributed by atoms with van der Waals surface area (Å²) in [5.41, 5.74) is 6.31. The van der Waals surface area contributed by atoms with E-state index in [1.807, 2.05) is 5.43 Å². The normalized spacial score (nSPS) is 12.4. The van der Waals surface area contributed by atoms with Crippen molar-refractivity contribution in [1.82, 2.24) is 5.43 Å². The van der Waals surface area contributed by atoms with Crippen LogP contribution < -0.4 is 20.6 Å². The second-order valence-electron chi connectivity index (χ2n) is 3.58. The number of carbonyl (C=O) groups is 2. The highest BCUT2D eigenvalue weighted by Gasteiger charge is 2.22. The zero-order chi connectivity index (χ0) is 14.7. The predicted molar refractivity (Wildman–Crippen MR) is 64.2 cm³/mol. The van der Waals surface area contributed by atoms with Crippen LogP contribution in [-0.2, 0) is 9.59 Å². The van der Waals surface area contributed by atoms with Crippen LogP contribution in [0.2, 0.25) is 0 Å². The number of nitrogens with zero attached hydrogens (tertiary/aromatic N) is 2. The minimum atomic E-state index is -1.22. The van der Waals surface area contributed by atoms with Gasteiger partial charge in [0.05, 0.1) is 22.8 Å². The van der Waals surface area contributed by atoms with Gasteiger partial charge in [0.1, 0.15) is 0 Å². The zero-order valence-electron chi connectivity index (χ0n) is 9.86. The number of nitro groups is 1. The van der Waals surface area contributed by atoms with Crippen molar-refractivity contribution in [3.63, 3.8) is 0 Å². The number of benzene rings is 1. The van der Waals surface area contributed by atoms with Crippen LogP contribution in [0.5, 0.6) is 11.5 Å². The van der Waals surface area contributed by atoms with Crippen LogP contribution in [0.1, 0.15) is 5.56 Å². The van der Waals surface area contributed by atoms with Crippen LogP contribution in [0.15, 0.2) is 17.2 Å². The average Bonchev–Trinajstić information content (AvgIpc) is 2.84. The maximum Gasteiger partial charge on any atom is 0.329 e. The molecule has 0 bridgehead atoms. The Morgan fingerprint density at radius 2 is 2.05 bits per heavy atom. The molecule has 0 atom stereocenters. The van der Waals surface area contributed by atoms with E-state index >= 15 is 0 Å². The highest BCUT2D eigenvalue weighted by atomic mass is 16.7. The van der Waals surface area contributed by atoms with Crippen molar-refractivity contribution in [2.24, 2.45) is 10.8 Å². The van der Waals surface area contributed by atoms with E-state index in [4.69, 9.17) is 15.2 Å². The molecule has 0 radical (unpaired) electrons. The smallest absolute Gasteiger partial charge is 0.329 e. The Balaban J connectivity index is 2.26. The maximum atomic E-state index is 10.9. The van der Waals surface area contributed by atoms with E-state index in [9.17, 15) is 19.7 Å². The molecule has 0 aliphatic carbocycles. The van der Waals surface area contributed by atoms with Gasteiger partial charge in [0, 0.05) is 0 Å². The molecular formula is C10H8N4O6. The lowest BCUT2D eigenvalue weighted by Crippen LogP contribution is -2.32. The lowest BCUT2D eigenvalue weighted by Gasteiger charge is -2.00. The van der Waals surface area contributed by atoms with E-state index in [-0.39, 0.29) is 23.8 Å². The Kier molecular flexibility index (Phi) is 3.46. The summed E-state index contributed by atoms with van der Waals surface area (Å²) in [5, 5.41) is 14.3. The van der Waals surface area contributed by atoms with Crippen LogP contribution in [0.4, 0.5) is 5.69 Å². The average molecular weight is 280 g/mol. The summed E-state index contributed by atoms with van der Waals surface area (Å²) >= 11 is 0. The Bertz CT molecular complexity index is 626. The first kappa shape index (κ1) is 13.3. The van der Waals surface area contributed by atoms with Crippen LogP contribution in [0, 0.1) is 10.1 Å². The number of nitrogens with one attached hydrogen (secondary N) is 1. The van der Waals surface area contributed by atoms with Crippen molar-refractivity contribution in [2.75, 3.05) is 6.79 Å². The minimum Gasteiger partial charge on any atom is -0.454 e. The quantitative estimate of drug-likeness (QED) is 0.322. The zero-order valence-corrected chi connectivity index (χ0v) is 9.86. The lowest BCUT2D eigenvalue weighted by atomic mass is 10.1. The minimum absolute atomic E-state index is 0.0362. The van der Waals surface area contributed by atoms with Crippen molar-refractivity contribution < 1.29 is 24.0 Å². The number of hydrogen-bond acceptors (Lipinski definition) is 7. The number of hydrogen-bond donors (Lipinski definition) is 2. The Labute approximate surface area is 111 Å². The number of fused-ring (bicyclic) bond motifs is 1. The first-order valence-corrected chi connectivity index (χ1v) is 5.20. The van der Waals surface area contributed by atoms with Gasteiger partial charge in [-0.05, 0) is 6.07 Å². The molecule has 2 rings (SSSR count).